The van der Waals surface area contributed by atoms with E-state index in [9.17, 15) is 4.79 Å². The molecular weight excluding hydrogens is 292 g/mol. The summed E-state index contributed by atoms with van der Waals surface area (Å²) >= 11 is 5.51. The normalized spacial score (nSPS) is 10.7. The first kappa shape index (κ1) is 15.2. The Bertz CT molecular complexity index is 612. The van der Waals surface area contributed by atoms with E-state index in [1.807, 2.05) is 24.5 Å². The molecule has 2 aromatic heterocycles. The monoisotopic (exact) mass is 308 g/mol. The Morgan fingerprint density at radius 3 is 2.95 bits per heavy atom. The van der Waals surface area contributed by atoms with Crippen molar-refractivity contribution in [2.75, 3.05) is 17.7 Å². The average Bonchev–Trinajstić information content (AvgIpc) is 2.95. The number of carbonyl (C=O) groups is 1. The molecular formula is C13H17ClN6O. The molecule has 0 radical (unpaired) electrons. The molecule has 0 aliphatic heterocycles. The number of hydrogen-bond donors (Lipinski definition) is 2. The van der Waals surface area contributed by atoms with Gasteiger partial charge in [0.25, 0.3) is 0 Å². The molecule has 0 fully saturated rings. The zero-order valence-corrected chi connectivity index (χ0v) is 12.6. The van der Waals surface area contributed by atoms with Gasteiger partial charge in [0.15, 0.2) is 5.82 Å². The van der Waals surface area contributed by atoms with Crippen LogP contribution in [0.15, 0.2) is 24.5 Å². The van der Waals surface area contributed by atoms with Crippen molar-refractivity contribution in [1.29, 1.82) is 0 Å². The van der Waals surface area contributed by atoms with Crippen molar-refractivity contribution in [3.63, 3.8) is 0 Å². The number of nitrogens with zero attached hydrogens (tertiary/aromatic N) is 4. The van der Waals surface area contributed by atoms with Gasteiger partial charge in [0, 0.05) is 18.5 Å². The van der Waals surface area contributed by atoms with E-state index in [4.69, 9.17) is 11.6 Å². The summed E-state index contributed by atoms with van der Waals surface area (Å²) in [7, 11) is 0. The van der Waals surface area contributed by atoms with Crippen molar-refractivity contribution in [3.05, 3.63) is 24.5 Å². The third-order valence-electron chi connectivity index (χ3n) is 2.73. The molecule has 0 aromatic carbocycles. The highest BCUT2D eigenvalue weighted by molar-refractivity contribution is 6.18. The van der Waals surface area contributed by atoms with Crippen LogP contribution in [0.1, 0.15) is 19.9 Å². The number of nitrogens with one attached hydrogen (secondary N) is 2. The van der Waals surface area contributed by atoms with Crippen LogP contribution >= 0.6 is 11.6 Å². The Labute approximate surface area is 127 Å². The predicted molar refractivity (Wildman–Crippen MR) is 81.4 cm³/mol. The van der Waals surface area contributed by atoms with Gasteiger partial charge in [0.1, 0.15) is 17.8 Å². The molecule has 8 heteroatoms. The summed E-state index contributed by atoms with van der Waals surface area (Å²) in [6, 6.07) is 5.22. The van der Waals surface area contributed by atoms with Gasteiger partial charge in [-0.2, -0.15) is 0 Å². The molecule has 0 spiro atoms. The van der Waals surface area contributed by atoms with Crippen LogP contribution in [0.5, 0.6) is 0 Å². The third kappa shape index (κ3) is 3.91. The smallest absolute Gasteiger partial charge is 0.320 e. The molecule has 0 aliphatic rings. The van der Waals surface area contributed by atoms with E-state index in [0.717, 1.165) is 0 Å². The second kappa shape index (κ2) is 7.03. The fourth-order valence-corrected chi connectivity index (χ4v) is 1.85. The highest BCUT2D eigenvalue weighted by Crippen LogP contribution is 2.19. The van der Waals surface area contributed by atoms with Gasteiger partial charge in [-0.1, -0.05) is 6.07 Å². The number of anilines is 1. The van der Waals surface area contributed by atoms with E-state index in [1.165, 1.54) is 0 Å². The maximum Gasteiger partial charge on any atom is 0.320 e. The minimum absolute atomic E-state index is 0.223. The van der Waals surface area contributed by atoms with Crippen molar-refractivity contribution < 1.29 is 4.79 Å². The molecule has 7 nitrogen and oxygen atoms in total. The number of urea groups is 1. The number of hydrogen-bond acceptors (Lipinski definition) is 4. The number of carbonyl (C=O) groups excluding carboxylic acids is 1. The van der Waals surface area contributed by atoms with E-state index < -0.39 is 0 Å². The highest BCUT2D eigenvalue weighted by atomic mass is 35.5. The lowest BCUT2D eigenvalue weighted by atomic mass is 10.3. The second-order valence-corrected chi connectivity index (χ2v) is 5.01. The topological polar surface area (TPSA) is 84.7 Å². The third-order valence-corrected chi connectivity index (χ3v) is 2.92. The van der Waals surface area contributed by atoms with Crippen LogP contribution in [-0.2, 0) is 0 Å². The van der Waals surface area contributed by atoms with Gasteiger partial charge >= 0.3 is 6.03 Å². The molecule has 2 amide bonds. The van der Waals surface area contributed by atoms with E-state index >= 15 is 0 Å². The van der Waals surface area contributed by atoms with Crippen LogP contribution in [0.4, 0.5) is 10.6 Å². The minimum Gasteiger partial charge on any atom is -0.337 e. The predicted octanol–water partition coefficient (Wildman–Crippen LogP) is 2.28. The van der Waals surface area contributed by atoms with Crippen molar-refractivity contribution >= 4 is 23.4 Å². The lowest BCUT2D eigenvalue weighted by Gasteiger charge is -2.10. The highest BCUT2D eigenvalue weighted by Gasteiger charge is 2.12. The molecule has 0 bridgehead atoms. The Balaban J connectivity index is 2.18. The van der Waals surface area contributed by atoms with Gasteiger partial charge in [0.2, 0.25) is 0 Å². The molecule has 0 aliphatic carbocycles. The number of amides is 2. The van der Waals surface area contributed by atoms with Crippen molar-refractivity contribution in [1.82, 2.24) is 25.1 Å². The first-order chi connectivity index (χ1) is 10.1. The number of alkyl halides is 1. The summed E-state index contributed by atoms with van der Waals surface area (Å²) < 4.78 is 1.92. The lowest BCUT2D eigenvalue weighted by Crippen LogP contribution is -2.30. The minimum atomic E-state index is -0.342. The molecule has 0 atom stereocenters. The lowest BCUT2D eigenvalue weighted by molar-refractivity contribution is 0.252. The van der Waals surface area contributed by atoms with Gasteiger partial charge < -0.3 is 9.88 Å². The van der Waals surface area contributed by atoms with Gasteiger partial charge in [0.05, 0.1) is 0 Å². The number of halogens is 1. The van der Waals surface area contributed by atoms with Crippen molar-refractivity contribution in [3.8, 4) is 11.5 Å². The SMILES string of the molecule is CC(C)n1cnnc1-c1cccc(NC(=O)NCCCl)n1. The molecule has 2 N–H and O–H groups in total. The first-order valence-corrected chi connectivity index (χ1v) is 7.13. The fourth-order valence-electron chi connectivity index (χ4n) is 1.75. The summed E-state index contributed by atoms with van der Waals surface area (Å²) in [4.78, 5) is 16.0. The van der Waals surface area contributed by atoms with Crippen LogP contribution in [0, 0.1) is 0 Å². The summed E-state index contributed by atoms with van der Waals surface area (Å²) in [5, 5.41) is 13.3. The maximum absolute atomic E-state index is 11.6. The largest absolute Gasteiger partial charge is 0.337 e. The quantitative estimate of drug-likeness (QED) is 0.830. The molecule has 0 saturated heterocycles. The zero-order valence-electron chi connectivity index (χ0n) is 11.9. The molecule has 21 heavy (non-hydrogen) atoms. The van der Waals surface area contributed by atoms with Crippen LogP contribution in [0.2, 0.25) is 0 Å². The van der Waals surface area contributed by atoms with Gasteiger partial charge in [-0.05, 0) is 26.0 Å². The van der Waals surface area contributed by atoms with E-state index in [1.54, 1.807) is 18.5 Å². The van der Waals surface area contributed by atoms with Crippen LogP contribution in [-0.4, -0.2) is 38.2 Å². The first-order valence-electron chi connectivity index (χ1n) is 6.59. The molecule has 2 aromatic rings. The molecule has 0 unspecified atom stereocenters. The standard InChI is InChI=1S/C13H17ClN6O/c1-9(2)20-8-16-19-12(20)10-4-3-5-11(17-10)18-13(21)15-7-6-14/h3-5,8-9H,6-7H2,1-2H3,(H2,15,17,18,21). The second-order valence-electron chi connectivity index (χ2n) is 4.63. The molecule has 2 rings (SSSR count). The Morgan fingerprint density at radius 2 is 2.24 bits per heavy atom. The average molecular weight is 309 g/mol. The van der Waals surface area contributed by atoms with E-state index in [0.29, 0.717) is 29.8 Å². The molecule has 0 saturated carbocycles. The number of rotatable bonds is 5. The zero-order chi connectivity index (χ0) is 15.2. The van der Waals surface area contributed by atoms with Crippen LogP contribution in [0.3, 0.4) is 0 Å². The van der Waals surface area contributed by atoms with Gasteiger partial charge in [-0.3, -0.25) is 5.32 Å². The Kier molecular flexibility index (Phi) is 5.10. The number of aromatic nitrogens is 4. The summed E-state index contributed by atoms with van der Waals surface area (Å²) in [5.74, 6) is 1.46. The van der Waals surface area contributed by atoms with Crippen molar-refractivity contribution in [2.45, 2.75) is 19.9 Å². The summed E-state index contributed by atoms with van der Waals surface area (Å²) in [6.07, 6.45) is 1.66. The van der Waals surface area contributed by atoms with Gasteiger partial charge in [-0.15, -0.1) is 21.8 Å². The van der Waals surface area contributed by atoms with E-state index in [-0.39, 0.29) is 12.1 Å². The molecule has 112 valence electrons. The maximum atomic E-state index is 11.6. The number of pyridine rings is 1. The van der Waals surface area contributed by atoms with Gasteiger partial charge in [-0.25, -0.2) is 9.78 Å². The summed E-state index contributed by atoms with van der Waals surface area (Å²) in [6.45, 7) is 4.47. The Hall–Kier alpha value is -2.15. The van der Waals surface area contributed by atoms with Crippen LogP contribution in [0.25, 0.3) is 11.5 Å². The van der Waals surface area contributed by atoms with Crippen molar-refractivity contribution in [2.24, 2.45) is 0 Å². The Morgan fingerprint density at radius 1 is 1.43 bits per heavy atom. The van der Waals surface area contributed by atoms with E-state index in [2.05, 4.69) is 25.8 Å². The van der Waals surface area contributed by atoms with Crippen LogP contribution < -0.4 is 10.6 Å². The molecule has 2 heterocycles. The summed E-state index contributed by atoms with van der Waals surface area (Å²) in [5.41, 5.74) is 0.649. The fraction of sp³-hybridized carbons (Fsp3) is 0.385.